The van der Waals surface area contributed by atoms with Crippen LogP contribution in [0.1, 0.15) is 32.6 Å². The molecule has 0 aromatic heterocycles. The Balaban J connectivity index is 1.74. The van der Waals surface area contributed by atoms with Crippen molar-refractivity contribution in [2.24, 2.45) is 11.8 Å². The van der Waals surface area contributed by atoms with Crippen molar-refractivity contribution in [2.45, 2.75) is 37.4 Å². The molecule has 0 radical (unpaired) electrons. The molecule has 1 aliphatic heterocycles. The summed E-state index contributed by atoms with van der Waals surface area (Å²) >= 11 is 3.75. The maximum atomic E-state index is 3.75. The Hall–Kier alpha value is 0.440. The van der Waals surface area contributed by atoms with E-state index in [-0.39, 0.29) is 0 Å². The summed E-state index contributed by atoms with van der Waals surface area (Å²) in [6.07, 6.45) is 5.80. The molecule has 76 valence electrons. The zero-order valence-corrected chi connectivity index (χ0v) is 10.1. The lowest BCUT2D eigenvalue weighted by molar-refractivity contribution is 0.134. The molecule has 2 aliphatic rings. The summed E-state index contributed by atoms with van der Waals surface area (Å²) in [5.41, 5.74) is 0. The van der Waals surface area contributed by atoms with E-state index in [0.717, 1.165) is 16.7 Å². The zero-order chi connectivity index (χ0) is 9.26. The number of halogens is 1. The number of piperidine rings is 1. The Morgan fingerprint density at radius 3 is 2.62 bits per heavy atom. The average molecular weight is 246 g/mol. The molecule has 0 aromatic carbocycles. The minimum absolute atomic E-state index is 0.769. The number of likely N-dealkylation sites (tertiary alicyclic amines) is 1. The Labute approximate surface area is 90.0 Å². The van der Waals surface area contributed by atoms with Crippen molar-refractivity contribution in [1.82, 2.24) is 4.90 Å². The van der Waals surface area contributed by atoms with E-state index in [4.69, 9.17) is 0 Å². The normalized spacial score (nSPS) is 37.4. The Kier molecular flexibility index (Phi) is 3.31. The first-order chi connectivity index (χ1) is 6.25. The molecule has 0 bridgehead atoms. The van der Waals surface area contributed by atoms with Crippen LogP contribution in [-0.4, -0.2) is 29.4 Å². The van der Waals surface area contributed by atoms with Gasteiger partial charge in [0.15, 0.2) is 0 Å². The molecule has 0 amide bonds. The predicted molar refractivity (Wildman–Crippen MR) is 60.3 cm³/mol. The first-order valence-electron chi connectivity index (χ1n) is 5.62. The molecule has 1 heterocycles. The van der Waals surface area contributed by atoms with Crippen LogP contribution in [0, 0.1) is 11.8 Å². The quantitative estimate of drug-likeness (QED) is 0.677. The lowest BCUT2D eigenvalue weighted by atomic mass is 9.84. The van der Waals surface area contributed by atoms with Crippen LogP contribution >= 0.6 is 15.9 Å². The van der Waals surface area contributed by atoms with E-state index in [1.165, 1.54) is 45.3 Å². The third-order valence-corrected chi connectivity index (χ3v) is 4.99. The molecule has 0 spiro atoms. The fourth-order valence-corrected chi connectivity index (χ4v) is 2.78. The number of nitrogens with zero attached hydrogens (tertiary/aromatic N) is 1. The smallest absolute Gasteiger partial charge is 0.0195 e. The van der Waals surface area contributed by atoms with Crippen molar-refractivity contribution in [3.63, 3.8) is 0 Å². The molecule has 2 unspecified atom stereocenters. The summed E-state index contributed by atoms with van der Waals surface area (Å²) in [5.74, 6) is 1.88. The summed E-state index contributed by atoms with van der Waals surface area (Å²) in [6, 6.07) is 0. The number of rotatable bonds is 2. The largest absolute Gasteiger partial charge is 0.303 e. The van der Waals surface area contributed by atoms with Crippen molar-refractivity contribution in [3.8, 4) is 0 Å². The minimum atomic E-state index is 0.769. The van der Waals surface area contributed by atoms with Crippen LogP contribution in [0.25, 0.3) is 0 Å². The Morgan fingerprint density at radius 1 is 1.31 bits per heavy atom. The summed E-state index contributed by atoms with van der Waals surface area (Å²) in [6.45, 7) is 6.37. The molecular formula is C11H20BrN. The van der Waals surface area contributed by atoms with Gasteiger partial charge in [-0.3, -0.25) is 0 Å². The average Bonchev–Trinajstić information content (AvgIpc) is 2.04. The lowest BCUT2D eigenvalue weighted by Crippen LogP contribution is -2.43. The second-order valence-electron chi connectivity index (χ2n) is 4.84. The third kappa shape index (κ3) is 2.47. The van der Waals surface area contributed by atoms with Gasteiger partial charge in [0.05, 0.1) is 0 Å². The van der Waals surface area contributed by atoms with Crippen LogP contribution in [0.4, 0.5) is 0 Å². The van der Waals surface area contributed by atoms with Gasteiger partial charge in [0.25, 0.3) is 0 Å². The van der Waals surface area contributed by atoms with Gasteiger partial charge in [-0.2, -0.15) is 0 Å². The van der Waals surface area contributed by atoms with E-state index in [0.29, 0.717) is 0 Å². The van der Waals surface area contributed by atoms with Gasteiger partial charge in [-0.25, -0.2) is 0 Å². The first-order valence-corrected chi connectivity index (χ1v) is 6.53. The van der Waals surface area contributed by atoms with Crippen LogP contribution in [0.3, 0.4) is 0 Å². The van der Waals surface area contributed by atoms with Gasteiger partial charge in [-0.15, -0.1) is 0 Å². The molecule has 0 aromatic rings. The molecule has 13 heavy (non-hydrogen) atoms. The summed E-state index contributed by atoms with van der Waals surface area (Å²) in [5, 5.41) is 0. The zero-order valence-electron chi connectivity index (χ0n) is 8.51. The standard InChI is InChI=1S/C11H20BrN/c1-9-7-13(6-5-11(9)12)8-10-3-2-4-10/h9-11H,2-8H2,1H3. The van der Waals surface area contributed by atoms with E-state index < -0.39 is 0 Å². The van der Waals surface area contributed by atoms with E-state index in [1.807, 2.05) is 0 Å². The molecule has 1 saturated carbocycles. The van der Waals surface area contributed by atoms with Crippen molar-refractivity contribution >= 4 is 15.9 Å². The molecule has 1 aliphatic carbocycles. The Morgan fingerprint density at radius 2 is 2.08 bits per heavy atom. The molecule has 2 rings (SSSR count). The van der Waals surface area contributed by atoms with Crippen molar-refractivity contribution in [1.29, 1.82) is 0 Å². The van der Waals surface area contributed by atoms with Gasteiger partial charge in [0.2, 0.25) is 0 Å². The van der Waals surface area contributed by atoms with Crippen molar-refractivity contribution in [3.05, 3.63) is 0 Å². The van der Waals surface area contributed by atoms with Crippen LogP contribution in [0.2, 0.25) is 0 Å². The Bertz CT molecular complexity index is 165. The molecular weight excluding hydrogens is 226 g/mol. The highest BCUT2D eigenvalue weighted by molar-refractivity contribution is 9.09. The highest BCUT2D eigenvalue weighted by Gasteiger charge is 2.27. The van der Waals surface area contributed by atoms with Crippen molar-refractivity contribution in [2.75, 3.05) is 19.6 Å². The van der Waals surface area contributed by atoms with E-state index in [1.54, 1.807) is 0 Å². The molecule has 2 atom stereocenters. The highest BCUT2D eigenvalue weighted by Crippen LogP contribution is 2.30. The van der Waals surface area contributed by atoms with Crippen LogP contribution in [0.5, 0.6) is 0 Å². The number of hydrogen-bond donors (Lipinski definition) is 0. The monoisotopic (exact) mass is 245 g/mol. The summed E-state index contributed by atoms with van der Waals surface area (Å²) < 4.78 is 0. The van der Waals surface area contributed by atoms with Crippen LogP contribution < -0.4 is 0 Å². The topological polar surface area (TPSA) is 3.24 Å². The SMILES string of the molecule is CC1CN(CC2CCC2)CCC1Br. The predicted octanol–water partition coefficient (Wildman–Crippen LogP) is 2.89. The third-order valence-electron chi connectivity index (χ3n) is 3.63. The van der Waals surface area contributed by atoms with Gasteiger partial charge >= 0.3 is 0 Å². The molecule has 1 saturated heterocycles. The van der Waals surface area contributed by atoms with Crippen molar-refractivity contribution < 1.29 is 0 Å². The van der Waals surface area contributed by atoms with Gasteiger partial charge in [-0.05, 0) is 37.6 Å². The fraction of sp³-hybridized carbons (Fsp3) is 1.00. The first kappa shape index (κ1) is 9.97. The van der Waals surface area contributed by atoms with Gasteiger partial charge in [0, 0.05) is 17.9 Å². The van der Waals surface area contributed by atoms with Gasteiger partial charge in [0.1, 0.15) is 0 Å². The fourth-order valence-electron chi connectivity index (χ4n) is 2.41. The van der Waals surface area contributed by atoms with E-state index in [9.17, 15) is 0 Å². The maximum Gasteiger partial charge on any atom is 0.0195 e. The maximum absolute atomic E-state index is 3.75. The lowest BCUT2D eigenvalue weighted by Gasteiger charge is -2.38. The van der Waals surface area contributed by atoms with Crippen LogP contribution in [0.15, 0.2) is 0 Å². The van der Waals surface area contributed by atoms with Gasteiger partial charge in [-0.1, -0.05) is 29.3 Å². The molecule has 2 heteroatoms. The summed E-state index contributed by atoms with van der Waals surface area (Å²) in [7, 11) is 0. The second-order valence-corrected chi connectivity index (χ2v) is 6.01. The molecule has 2 fully saturated rings. The molecule has 0 N–H and O–H groups in total. The minimum Gasteiger partial charge on any atom is -0.303 e. The second kappa shape index (κ2) is 4.31. The van der Waals surface area contributed by atoms with Crippen LogP contribution in [-0.2, 0) is 0 Å². The number of alkyl halides is 1. The van der Waals surface area contributed by atoms with Gasteiger partial charge < -0.3 is 4.90 Å². The summed E-state index contributed by atoms with van der Waals surface area (Å²) in [4.78, 5) is 3.44. The van der Waals surface area contributed by atoms with E-state index in [2.05, 4.69) is 27.8 Å². The highest BCUT2D eigenvalue weighted by atomic mass is 79.9. The number of hydrogen-bond acceptors (Lipinski definition) is 1. The van der Waals surface area contributed by atoms with E-state index >= 15 is 0 Å². The molecule has 1 nitrogen and oxygen atoms in total.